The molecule has 5 heteroatoms. The predicted molar refractivity (Wildman–Crippen MR) is 74.8 cm³/mol. The molecule has 0 aromatic heterocycles. The van der Waals surface area contributed by atoms with E-state index in [1.54, 1.807) is 6.92 Å². The van der Waals surface area contributed by atoms with Gasteiger partial charge >= 0.3 is 0 Å². The number of hydrogen-bond acceptors (Lipinski definition) is 4. The second-order valence-electron chi connectivity index (χ2n) is 5.85. The normalized spacial score (nSPS) is 28.4. The summed E-state index contributed by atoms with van der Waals surface area (Å²) in [4.78, 5) is 26.6. The molecule has 5 nitrogen and oxygen atoms in total. The van der Waals surface area contributed by atoms with Crippen molar-refractivity contribution >= 4 is 17.5 Å². The molecule has 20 heavy (non-hydrogen) atoms. The van der Waals surface area contributed by atoms with Gasteiger partial charge in [-0.3, -0.25) is 9.59 Å². The van der Waals surface area contributed by atoms with Gasteiger partial charge in [0.15, 0.2) is 5.54 Å². The quantitative estimate of drug-likeness (QED) is 0.736. The zero-order chi connectivity index (χ0) is 14.7. The maximum atomic E-state index is 12.7. The summed E-state index contributed by atoms with van der Waals surface area (Å²) >= 11 is 0. The Morgan fingerprint density at radius 1 is 1.20 bits per heavy atom. The summed E-state index contributed by atoms with van der Waals surface area (Å²) in [6.07, 6.45) is 0. The second kappa shape index (κ2) is 3.98. The lowest BCUT2D eigenvalue weighted by Gasteiger charge is -2.21. The van der Waals surface area contributed by atoms with Gasteiger partial charge in [-0.05, 0) is 38.8 Å². The van der Waals surface area contributed by atoms with E-state index >= 15 is 0 Å². The fraction of sp³-hybridized carbons (Fsp3) is 0.467. The van der Waals surface area contributed by atoms with Crippen LogP contribution in [0.5, 0.6) is 0 Å². The lowest BCUT2D eigenvalue weighted by atomic mass is 9.90. The SMILES string of the molecule is Cc1cc(C)c(N2C(=O)C3CN=NC3(C)C2=O)c(C)c1. The van der Waals surface area contributed by atoms with Crippen LogP contribution in [0.3, 0.4) is 0 Å². The Bertz CT molecular complexity index is 642. The number of fused-ring (bicyclic) bond motifs is 1. The minimum atomic E-state index is -1.01. The van der Waals surface area contributed by atoms with Crippen molar-refractivity contribution in [1.29, 1.82) is 0 Å². The number of benzene rings is 1. The molecule has 2 amide bonds. The molecule has 0 aliphatic carbocycles. The first-order chi connectivity index (χ1) is 9.36. The van der Waals surface area contributed by atoms with Gasteiger partial charge in [0.05, 0.1) is 18.2 Å². The van der Waals surface area contributed by atoms with Crippen LogP contribution in [0.15, 0.2) is 22.4 Å². The molecule has 1 saturated heterocycles. The molecule has 1 aromatic rings. The van der Waals surface area contributed by atoms with Crippen molar-refractivity contribution in [3.63, 3.8) is 0 Å². The van der Waals surface area contributed by atoms with Crippen LogP contribution in [0.25, 0.3) is 0 Å². The average Bonchev–Trinajstić information content (AvgIpc) is 2.81. The van der Waals surface area contributed by atoms with Gasteiger partial charge in [-0.1, -0.05) is 17.7 Å². The van der Waals surface area contributed by atoms with Crippen LogP contribution in [-0.2, 0) is 9.59 Å². The first-order valence-electron chi connectivity index (χ1n) is 6.71. The summed E-state index contributed by atoms with van der Waals surface area (Å²) in [7, 11) is 0. The lowest BCUT2D eigenvalue weighted by Crippen LogP contribution is -2.38. The van der Waals surface area contributed by atoms with Crippen molar-refractivity contribution in [2.24, 2.45) is 16.1 Å². The minimum absolute atomic E-state index is 0.183. The topological polar surface area (TPSA) is 62.1 Å². The molecule has 0 bridgehead atoms. The van der Waals surface area contributed by atoms with Gasteiger partial charge in [0.2, 0.25) is 5.91 Å². The lowest BCUT2D eigenvalue weighted by molar-refractivity contribution is -0.122. The fourth-order valence-electron chi connectivity index (χ4n) is 3.25. The number of aryl methyl sites for hydroxylation is 3. The second-order valence-corrected chi connectivity index (χ2v) is 5.85. The van der Waals surface area contributed by atoms with E-state index in [4.69, 9.17) is 0 Å². The molecular weight excluding hydrogens is 254 g/mol. The molecule has 2 atom stereocenters. The molecule has 2 aliphatic rings. The van der Waals surface area contributed by atoms with Crippen molar-refractivity contribution in [3.8, 4) is 0 Å². The third-order valence-corrected chi connectivity index (χ3v) is 4.23. The smallest absolute Gasteiger partial charge is 0.264 e. The number of hydrogen-bond donors (Lipinski definition) is 0. The summed E-state index contributed by atoms with van der Waals surface area (Å²) < 4.78 is 0. The maximum Gasteiger partial charge on any atom is 0.264 e. The Labute approximate surface area is 117 Å². The first-order valence-corrected chi connectivity index (χ1v) is 6.71. The zero-order valence-electron chi connectivity index (χ0n) is 12.1. The first kappa shape index (κ1) is 13.0. The highest BCUT2D eigenvalue weighted by atomic mass is 16.2. The summed E-state index contributed by atoms with van der Waals surface area (Å²) in [5, 5.41) is 7.91. The summed E-state index contributed by atoms with van der Waals surface area (Å²) in [6.45, 7) is 7.86. The highest BCUT2D eigenvalue weighted by Gasteiger charge is 2.60. The van der Waals surface area contributed by atoms with Crippen LogP contribution in [0.1, 0.15) is 23.6 Å². The molecule has 0 spiro atoms. The van der Waals surface area contributed by atoms with Crippen molar-refractivity contribution in [2.45, 2.75) is 33.2 Å². The maximum absolute atomic E-state index is 12.7. The van der Waals surface area contributed by atoms with E-state index in [9.17, 15) is 9.59 Å². The molecule has 0 radical (unpaired) electrons. The molecule has 104 valence electrons. The predicted octanol–water partition coefficient (Wildman–Crippen LogP) is 2.33. The Balaban J connectivity index is 2.15. The highest BCUT2D eigenvalue weighted by Crippen LogP contribution is 2.42. The number of rotatable bonds is 1. The number of imide groups is 1. The van der Waals surface area contributed by atoms with Crippen LogP contribution in [0.2, 0.25) is 0 Å². The number of amides is 2. The molecule has 1 aromatic carbocycles. The molecule has 3 rings (SSSR count). The summed E-state index contributed by atoms with van der Waals surface area (Å²) in [5.74, 6) is -0.892. The van der Waals surface area contributed by atoms with E-state index < -0.39 is 11.5 Å². The largest absolute Gasteiger partial charge is 0.274 e. The van der Waals surface area contributed by atoms with Gasteiger partial charge in [0.25, 0.3) is 5.91 Å². The third-order valence-electron chi connectivity index (χ3n) is 4.23. The number of carbonyl (C=O) groups is 2. The van der Waals surface area contributed by atoms with E-state index in [0.717, 1.165) is 16.7 Å². The average molecular weight is 271 g/mol. The Morgan fingerprint density at radius 2 is 1.80 bits per heavy atom. The standard InChI is InChI=1S/C15H17N3O2/c1-8-5-9(2)12(10(3)6-8)18-13(19)11-7-16-17-15(11,4)14(18)20/h5-6,11H,7H2,1-4H3. The van der Waals surface area contributed by atoms with Crippen molar-refractivity contribution in [2.75, 3.05) is 11.4 Å². The van der Waals surface area contributed by atoms with E-state index in [1.165, 1.54) is 4.90 Å². The molecule has 2 aliphatic heterocycles. The van der Waals surface area contributed by atoms with Gasteiger partial charge in [0, 0.05) is 0 Å². The van der Waals surface area contributed by atoms with E-state index in [-0.39, 0.29) is 11.8 Å². The Morgan fingerprint density at radius 3 is 2.35 bits per heavy atom. The van der Waals surface area contributed by atoms with Gasteiger partial charge < -0.3 is 0 Å². The van der Waals surface area contributed by atoms with E-state index in [0.29, 0.717) is 12.2 Å². The summed E-state index contributed by atoms with van der Waals surface area (Å²) in [6, 6.07) is 3.97. The molecule has 0 N–H and O–H groups in total. The molecule has 2 heterocycles. The van der Waals surface area contributed by atoms with Crippen LogP contribution in [-0.4, -0.2) is 23.9 Å². The van der Waals surface area contributed by atoms with Crippen LogP contribution >= 0.6 is 0 Å². The number of carbonyl (C=O) groups excluding carboxylic acids is 2. The summed E-state index contributed by atoms with van der Waals surface area (Å²) in [5.41, 5.74) is 2.68. The number of anilines is 1. The third kappa shape index (κ3) is 1.49. The Hall–Kier alpha value is -2.04. The van der Waals surface area contributed by atoms with Gasteiger partial charge in [0.1, 0.15) is 0 Å². The van der Waals surface area contributed by atoms with Gasteiger partial charge in [-0.25, -0.2) is 4.90 Å². The Kier molecular flexibility index (Phi) is 2.58. The molecule has 2 unspecified atom stereocenters. The molecule has 0 saturated carbocycles. The van der Waals surface area contributed by atoms with Gasteiger partial charge in [-0.2, -0.15) is 10.2 Å². The van der Waals surface area contributed by atoms with E-state index in [1.807, 2.05) is 32.9 Å². The van der Waals surface area contributed by atoms with E-state index in [2.05, 4.69) is 10.2 Å². The molecular formula is C15H17N3O2. The monoisotopic (exact) mass is 271 g/mol. The fourth-order valence-corrected chi connectivity index (χ4v) is 3.25. The van der Waals surface area contributed by atoms with Crippen LogP contribution < -0.4 is 4.90 Å². The number of azo groups is 1. The van der Waals surface area contributed by atoms with Gasteiger partial charge in [-0.15, -0.1) is 0 Å². The highest BCUT2D eigenvalue weighted by molar-refractivity contribution is 6.26. The van der Waals surface area contributed by atoms with Crippen molar-refractivity contribution in [3.05, 3.63) is 28.8 Å². The van der Waals surface area contributed by atoms with Crippen LogP contribution in [0.4, 0.5) is 5.69 Å². The van der Waals surface area contributed by atoms with Crippen molar-refractivity contribution in [1.82, 2.24) is 0 Å². The van der Waals surface area contributed by atoms with Crippen molar-refractivity contribution < 1.29 is 9.59 Å². The minimum Gasteiger partial charge on any atom is -0.274 e. The zero-order valence-corrected chi connectivity index (χ0v) is 12.1. The molecule has 1 fully saturated rings. The van der Waals surface area contributed by atoms with Crippen LogP contribution in [0, 0.1) is 26.7 Å². The number of nitrogens with zero attached hydrogens (tertiary/aromatic N) is 3.